The molecule has 0 atom stereocenters. The molecule has 26 heavy (non-hydrogen) atoms. The van der Waals surface area contributed by atoms with Crippen LogP contribution >= 0.6 is 0 Å². The minimum atomic E-state index is 0.0410. The summed E-state index contributed by atoms with van der Waals surface area (Å²) in [6.45, 7) is 11.5. The van der Waals surface area contributed by atoms with Crippen molar-refractivity contribution in [1.82, 2.24) is 15.1 Å². The normalized spacial score (nSPS) is 11.5. The standard InChI is InChI=1S/C21H31N3O2/c1-15-19(16(2)24(6)23-15)11-12-20(25)22-13-14-26-18-9-7-17(8-10-18)21(3,4)5/h7-10H,11-14H2,1-6H3,(H,22,25). The van der Waals surface area contributed by atoms with Crippen molar-refractivity contribution in [1.29, 1.82) is 0 Å². The van der Waals surface area contributed by atoms with Crippen LogP contribution in [0.3, 0.4) is 0 Å². The highest BCUT2D eigenvalue weighted by Gasteiger charge is 2.13. The van der Waals surface area contributed by atoms with Gasteiger partial charge in [0, 0.05) is 19.2 Å². The number of amides is 1. The van der Waals surface area contributed by atoms with Crippen LogP contribution in [0.15, 0.2) is 24.3 Å². The van der Waals surface area contributed by atoms with Gasteiger partial charge in [-0.1, -0.05) is 32.9 Å². The van der Waals surface area contributed by atoms with Crippen LogP contribution in [0.2, 0.25) is 0 Å². The van der Waals surface area contributed by atoms with Crippen molar-refractivity contribution in [2.45, 2.75) is 52.9 Å². The van der Waals surface area contributed by atoms with Gasteiger partial charge in [0.05, 0.1) is 12.2 Å². The minimum Gasteiger partial charge on any atom is -0.492 e. The third-order valence-electron chi connectivity index (χ3n) is 4.67. The number of carbonyl (C=O) groups is 1. The van der Waals surface area contributed by atoms with E-state index in [0.29, 0.717) is 26.0 Å². The number of nitrogens with zero attached hydrogens (tertiary/aromatic N) is 2. The molecule has 0 fully saturated rings. The summed E-state index contributed by atoms with van der Waals surface area (Å²) >= 11 is 0. The van der Waals surface area contributed by atoms with Crippen molar-refractivity contribution in [3.05, 3.63) is 46.8 Å². The highest BCUT2D eigenvalue weighted by Crippen LogP contribution is 2.24. The van der Waals surface area contributed by atoms with E-state index in [4.69, 9.17) is 4.74 Å². The van der Waals surface area contributed by atoms with Crippen molar-refractivity contribution in [3.8, 4) is 5.75 Å². The summed E-state index contributed by atoms with van der Waals surface area (Å²) in [5.74, 6) is 0.869. The molecule has 1 N–H and O–H groups in total. The van der Waals surface area contributed by atoms with Gasteiger partial charge in [-0.2, -0.15) is 5.10 Å². The summed E-state index contributed by atoms with van der Waals surface area (Å²) in [5.41, 5.74) is 4.70. The third-order valence-corrected chi connectivity index (χ3v) is 4.67. The maximum atomic E-state index is 12.0. The number of aromatic nitrogens is 2. The molecule has 142 valence electrons. The number of carbonyl (C=O) groups excluding carboxylic acids is 1. The number of hydrogen-bond acceptors (Lipinski definition) is 3. The Kier molecular flexibility index (Phi) is 6.46. The average molecular weight is 357 g/mol. The lowest BCUT2D eigenvalue weighted by molar-refractivity contribution is -0.121. The maximum Gasteiger partial charge on any atom is 0.220 e. The lowest BCUT2D eigenvalue weighted by atomic mass is 9.87. The Balaban J connectivity index is 1.70. The fourth-order valence-electron chi connectivity index (χ4n) is 2.92. The fourth-order valence-corrected chi connectivity index (χ4v) is 2.92. The van der Waals surface area contributed by atoms with E-state index >= 15 is 0 Å². The largest absolute Gasteiger partial charge is 0.492 e. The summed E-state index contributed by atoms with van der Waals surface area (Å²) in [6, 6.07) is 8.14. The van der Waals surface area contributed by atoms with Crippen LogP contribution < -0.4 is 10.1 Å². The van der Waals surface area contributed by atoms with Crippen molar-refractivity contribution < 1.29 is 9.53 Å². The Hall–Kier alpha value is -2.30. The number of benzene rings is 1. The van der Waals surface area contributed by atoms with Gasteiger partial charge < -0.3 is 10.1 Å². The zero-order chi connectivity index (χ0) is 19.3. The van der Waals surface area contributed by atoms with E-state index in [-0.39, 0.29) is 11.3 Å². The van der Waals surface area contributed by atoms with Gasteiger partial charge in [0.2, 0.25) is 5.91 Å². The van der Waals surface area contributed by atoms with E-state index in [9.17, 15) is 4.79 Å². The van der Waals surface area contributed by atoms with Crippen LogP contribution in [-0.4, -0.2) is 28.8 Å². The second kappa shape index (κ2) is 8.39. The van der Waals surface area contributed by atoms with Crippen LogP contribution in [0.5, 0.6) is 5.75 Å². The minimum absolute atomic E-state index is 0.0410. The van der Waals surface area contributed by atoms with Gasteiger partial charge in [0.25, 0.3) is 0 Å². The topological polar surface area (TPSA) is 56.2 Å². The van der Waals surface area contributed by atoms with Crippen molar-refractivity contribution in [3.63, 3.8) is 0 Å². The summed E-state index contributed by atoms with van der Waals surface area (Å²) in [7, 11) is 1.93. The predicted molar refractivity (Wildman–Crippen MR) is 105 cm³/mol. The molecule has 0 aliphatic carbocycles. The molecule has 5 heteroatoms. The predicted octanol–water partition coefficient (Wildman–Crippen LogP) is 3.46. The molecular weight excluding hydrogens is 326 g/mol. The van der Waals surface area contributed by atoms with E-state index in [1.807, 2.05) is 37.7 Å². The summed E-state index contributed by atoms with van der Waals surface area (Å²) in [4.78, 5) is 12.0. The number of ether oxygens (including phenoxy) is 1. The van der Waals surface area contributed by atoms with E-state index in [1.54, 1.807) is 0 Å². The summed E-state index contributed by atoms with van der Waals surface area (Å²) < 4.78 is 7.56. The molecule has 0 bridgehead atoms. The highest BCUT2D eigenvalue weighted by molar-refractivity contribution is 5.76. The molecule has 0 aliphatic heterocycles. The van der Waals surface area contributed by atoms with E-state index < -0.39 is 0 Å². The Morgan fingerprint density at radius 3 is 2.38 bits per heavy atom. The van der Waals surface area contributed by atoms with E-state index in [1.165, 1.54) is 5.56 Å². The monoisotopic (exact) mass is 357 g/mol. The molecular formula is C21H31N3O2. The van der Waals surface area contributed by atoms with Gasteiger partial charge in [-0.15, -0.1) is 0 Å². The van der Waals surface area contributed by atoms with E-state index in [0.717, 1.165) is 22.7 Å². The lowest BCUT2D eigenvalue weighted by Crippen LogP contribution is -2.28. The first-order valence-electron chi connectivity index (χ1n) is 9.17. The SMILES string of the molecule is Cc1nn(C)c(C)c1CCC(=O)NCCOc1ccc(C(C)(C)C)cc1. The zero-order valence-corrected chi connectivity index (χ0v) is 16.8. The second-order valence-electron chi connectivity index (χ2n) is 7.75. The molecule has 1 amide bonds. The van der Waals surface area contributed by atoms with Gasteiger partial charge >= 0.3 is 0 Å². The molecule has 0 aliphatic rings. The molecule has 0 radical (unpaired) electrons. The smallest absolute Gasteiger partial charge is 0.220 e. The molecule has 2 aromatic rings. The zero-order valence-electron chi connectivity index (χ0n) is 16.8. The fraction of sp³-hybridized carbons (Fsp3) is 0.524. The van der Waals surface area contributed by atoms with Crippen LogP contribution in [0, 0.1) is 13.8 Å². The number of rotatable bonds is 7. The highest BCUT2D eigenvalue weighted by atomic mass is 16.5. The Morgan fingerprint density at radius 1 is 1.19 bits per heavy atom. The molecule has 0 unspecified atom stereocenters. The van der Waals surface area contributed by atoms with Gasteiger partial charge in [-0.3, -0.25) is 9.48 Å². The third kappa shape index (κ3) is 5.35. The van der Waals surface area contributed by atoms with E-state index in [2.05, 4.69) is 43.3 Å². The molecule has 0 spiro atoms. The van der Waals surface area contributed by atoms with Gasteiger partial charge in [-0.05, 0) is 48.9 Å². The average Bonchev–Trinajstić information content (AvgIpc) is 2.82. The first-order valence-corrected chi connectivity index (χ1v) is 9.17. The number of aryl methyl sites for hydroxylation is 2. The van der Waals surface area contributed by atoms with Crippen molar-refractivity contribution in [2.24, 2.45) is 7.05 Å². The molecule has 0 saturated carbocycles. The Bertz CT molecular complexity index is 740. The van der Waals surface area contributed by atoms with Crippen LogP contribution in [0.1, 0.15) is 49.7 Å². The first kappa shape index (κ1) is 20.0. The Labute approximate surface area is 156 Å². The quantitative estimate of drug-likeness (QED) is 0.772. The molecule has 5 nitrogen and oxygen atoms in total. The van der Waals surface area contributed by atoms with Crippen LogP contribution in [-0.2, 0) is 23.7 Å². The van der Waals surface area contributed by atoms with Gasteiger partial charge in [0.1, 0.15) is 12.4 Å². The van der Waals surface area contributed by atoms with Crippen molar-refractivity contribution >= 4 is 5.91 Å². The maximum absolute atomic E-state index is 12.0. The van der Waals surface area contributed by atoms with Crippen LogP contribution in [0.25, 0.3) is 0 Å². The summed E-state index contributed by atoms with van der Waals surface area (Å²) in [6.07, 6.45) is 1.18. The number of hydrogen-bond donors (Lipinski definition) is 1. The molecule has 1 heterocycles. The molecule has 1 aromatic heterocycles. The molecule has 0 saturated heterocycles. The van der Waals surface area contributed by atoms with Gasteiger partial charge in [-0.25, -0.2) is 0 Å². The molecule has 2 rings (SSSR count). The van der Waals surface area contributed by atoms with Gasteiger partial charge in [0.15, 0.2) is 0 Å². The first-order chi connectivity index (χ1) is 12.2. The Morgan fingerprint density at radius 2 is 1.85 bits per heavy atom. The van der Waals surface area contributed by atoms with Crippen molar-refractivity contribution in [2.75, 3.05) is 13.2 Å². The number of nitrogens with one attached hydrogen (secondary N) is 1. The molecule has 1 aromatic carbocycles. The lowest BCUT2D eigenvalue weighted by Gasteiger charge is -2.19. The second-order valence-corrected chi connectivity index (χ2v) is 7.75. The van der Waals surface area contributed by atoms with Crippen LogP contribution in [0.4, 0.5) is 0 Å². The summed E-state index contributed by atoms with van der Waals surface area (Å²) in [5, 5.41) is 7.30.